The highest BCUT2D eigenvalue weighted by atomic mass is 16.6. The number of nitro groups is 1. The maximum absolute atomic E-state index is 11.0. The Balaban J connectivity index is 2.56. The molecule has 1 aliphatic carbocycles. The van der Waals surface area contributed by atoms with Gasteiger partial charge < -0.3 is 5.11 Å². The lowest BCUT2D eigenvalue weighted by Gasteiger charge is -2.13. The minimum Gasteiger partial charge on any atom is -0.395 e. The van der Waals surface area contributed by atoms with Crippen molar-refractivity contribution in [3.05, 3.63) is 39.4 Å². The van der Waals surface area contributed by atoms with E-state index < -0.39 is 0 Å². The molecule has 0 heterocycles. The van der Waals surface area contributed by atoms with Gasteiger partial charge in [-0.3, -0.25) is 10.1 Å². The number of benzene rings is 1. The average molecular weight is 207 g/mol. The number of para-hydroxylation sites is 1. The van der Waals surface area contributed by atoms with E-state index >= 15 is 0 Å². The molecule has 1 N–H and O–H groups in total. The van der Waals surface area contributed by atoms with Crippen molar-refractivity contribution < 1.29 is 10.0 Å². The van der Waals surface area contributed by atoms with Crippen molar-refractivity contribution in [2.75, 3.05) is 6.61 Å². The fourth-order valence-electron chi connectivity index (χ4n) is 1.99. The Morgan fingerprint density at radius 1 is 1.53 bits per heavy atom. The summed E-state index contributed by atoms with van der Waals surface area (Å²) in [7, 11) is 0. The highest BCUT2D eigenvalue weighted by Crippen LogP contribution is 2.51. The summed E-state index contributed by atoms with van der Waals surface area (Å²) in [5, 5.41) is 20.2. The average Bonchev–Trinajstić information content (AvgIpc) is 2.97. The number of aliphatic hydroxyl groups is 1. The number of hydrogen-bond donors (Lipinski definition) is 1. The van der Waals surface area contributed by atoms with Gasteiger partial charge >= 0.3 is 0 Å². The molecule has 0 bridgehead atoms. The molecule has 0 saturated heterocycles. The van der Waals surface area contributed by atoms with Gasteiger partial charge in [-0.2, -0.15) is 0 Å². The van der Waals surface area contributed by atoms with Crippen LogP contribution in [0.2, 0.25) is 0 Å². The Morgan fingerprint density at radius 2 is 2.20 bits per heavy atom. The first-order valence-electron chi connectivity index (χ1n) is 4.96. The number of aryl methyl sites for hydroxylation is 1. The van der Waals surface area contributed by atoms with Crippen LogP contribution in [0.5, 0.6) is 0 Å². The van der Waals surface area contributed by atoms with Crippen LogP contribution in [0.15, 0.2) is 18.2 Å². The van der Waals surface area contributed by atoms with Crippen LogP contribution in [0.4, 0.5) is 5.69 Å². The second kappa shape index (κ2) is 3.31. The van der Waals surface area contributed by atoms with Crippen LogP contribution >= 0.6 is 0 Å². The van der Waals surface area contributed by atoms with Crippen molar-refractivity contribution in [3.63, 3.8) is 0 Å². The van der Waals surface area contributed by atoms with Crippen LogP contribution in [0.1, 0.15) is 24.0 Å². The summed E-state index contributed by atoms with van der Waals surface area (Å²) >= 11 is 0. The molecule has 0 unspecified atom stereocenters. The van der Waals surface area contributed by atoms with E-state index in [4.69, 9.17) is 0 Å². The second-order valence-corrected chi connectivity index (χ2v) is 4.17. The van der Waals surface area contributed by atoms with Gasteiger partial charge in [0.25, 0.3) is 5.69 Å². The third kappa shape index (κ3) is 1.51. The molecular formula is C11H13NO3. The van der Waals surface area contributed by atoms with Gasteiger partial charge in [0.2, 0.25) is 0 Å². The molecule has 0 spiro atoms. The highest BCUT2D eigenvalue weighted by Gasteiger charge is 2.47. The van der Waals surface area contributed by atoms with E-state index in [1.807, 2.05) is 6.07 Å². The Morgan fingerprint density at radius 3 is 2.67 bits per heavy atom. The van der Waals surface area contributed by atoms with Crippen molar-refractivity contribution in [1.29, 1.82) is 0 Å². The topological polar surface area (TPSA) is 63.4 Å². The van der Waals surface area contributed by atoms with Crippen LogP contribution in [0, 0.1) is 17.0 Å². The first kappa shape index (κ1) is 10.1. The fourth-order valence-corrected chi connectivity index (χ4v) is 1.99. The first-order valence-corrected chi connectivity index (χ1v) is 4.96. The zero-order valence-corrected chi connectivity index (χ0v) is 8.56. The highest BCUT2D eigenvalue weighted by molar-refractivity contribution is 5.53. The predicted octanol–water partition coefficient (Wildman–Crippen LogP) is 1.93. The summed E-state index contributed by atoms with van der Waals surface area (Å²) in [5.74, 6) is 0. The van der Waals surface area contributed by atoms with Crippen LogP contribution in [-0.4, -0.2) is 16.6 Å². The molecule has 0 radical (unpaired) electrons. The van der Waals surface area contributed by atoms with Crippen LogP contribution < -0.4 is 0 Å². The number of rotatable bonds is 3. The molecule has 4 nitrogen and oxygen atoms in total. The van der Waals surface area contributed by atoms with Crippen molar-refractivity contribution in [1.82, 2.24) is 0 Å². The number of hydrogen-bond acceptors (Lipinski definition) is 3. The van der Waals surface area contributed by atoms with Gasteiger partial charge in [-0.1, -0.05) is 18.2 Å². The lowest BCUT2D eigenvalue weighted by atomic mass is 9.93. The molecule has 1 aromatic carbocycles. The van der Waals surface area contributed by atoms with Gasteiger partial charge in [0.05, 0.1) is 11.5 Å². The number of aliphatic hydroxyl groups excluding tert-OH is 1. The molecule has 4 heteroatoms. The molecule has 1 fully saturated rings. The largest absolute Gasteiger partial charge is 0.395 e. The Hall–Kier alpha value is -1.42. The number of nitro benzene ring substituents is 1. The van der Waals surface area contributed by atoms with E-state index in [0.717, 1.165) is 12.8 Å². The molecule has 1 aliphatic rings. The van der Waals surface area contributed by atoms with Gasteiger partial charge in [-0.05, 0) is 19.8 Å². The third-order valence-corrected chi connectivity index (χ3v) is 3.15. The second-order valence-electron chi connectivity index (χ2n) is 4.17. The molecule has 1 saturated carbocycles. The molecule has 0 atom stereocenters. The molecule has 2 rings (SSSR count). The maximum atomic E-state index is 11.0. The first-order chi connectivity index (χ1) is 7.10. The molecule has 0 aromatic heterocycles. The van der Waals surface area contributed by atoms with Crippen molar-refractivity contribution in [2.24, 2.45) is 0 Å². The maximum Gasteiger partial charge on any atom is 0.276 e. The molecule has 0 aliphatic heterocycles. The smallest absolute Gasteiger partial charge is 0.276 e. The van der Waals surface area contributed by atoms with E-state index in [1.165, 1.54) is 0 Å². The van der Waals surface area contributed by atoms with E-state index in [2.05, 4.69) is 0 Å². The molecule has 0 amide bonds. The lowest BCUT2D eigenvalue weighted by Crippen LogP contribution is -2.14. The molecule has 80 valence electrons. The number of nitrogens with zero attached hydrogens (tertiary/aromatic N) is 1. The monoisotopic (exact) mass is 207 g/mol. The Labute approximate surface area is 87.7 Å². The van der Waals surface area contributed by atoms with Gasteiger partial charge in [-0.15, -0.1) is 0 Å². The predicted molar refractivity (Wildman–Crippen MR) is 55.8 cm³/mol. The van der Waals surface area contributed by atoms with E-state index in [9.17, 15) is 15.2 Å². The summed E-state index contributed by atoms with van der Waals surface area (Å²) < 4.78 is 0. The zero-order valence-electron chi connectivity index (χ0n) is 8.56. The lowest BCUT2D eigenvalue weighted by molar-refractivity contribution is -0.386. The normalized spacial score (nSPS) is 17.5. The van der Waals surface area contributed by atoms with Gasteiger partial charge in [0.15, 0.2) is 0 Å². The van der Waals surface area contributed by atoms with Crippen LogP contribution in [0.3, 0.4) is 0 Å². The Kier molecular flexibility index (Phi) is 2.23. The summed E-state index contributed by atoms with van der Waals surface area (Å²) in [6.45, 7) is 1.73. The van der Waals surface area contributed by atoms with E-state index in [-0.39, 0.29) is 22.6 Å². The van der Waals surface area contributed by atoms with Crippen molar-refractivity contribution in [3.8, 4) is 0 Å². The summed E-state index contributed by atoms with van der Waals surface area (Å²) in [6.07, 6.45) is 1.68. The minimum absolute atomic E-state index is 0.00269. The summed E-state index contributed by atoms with van der Waals surface area (Å²) in [4.78, 5) is 10.6. The molecule has 1 aromatic rings. The van der Waals surface area contributed by atoms with Crippen molar-refractivity contribution >= 4 is 5.69 Å². The standard InChI is InChI=1S/C11H13NO3/c1-8-3-2-4-9(10(8)12(14)15)11(7-13)5-6-11/h2-4,13H,5-7H2,1H3. The zero-order chi connectivity index (χ0) is 11.1. The Bertz CT molecular complexity index is 410. The fraction of sp³-hybridized carbons (Fsp3) is 0.455. The quantitative estimate of drug-likeness (QED) is 0.608. The minimum atomic E-state index is -0.347. The third-order valence-electron chi connectivity index (χ3n) is 3.15. The van der Waals surface area contributed by atoms with Gasteiger partial charge in [0.1, 0.15) is 0 Å². The van der Waals surface area contributed by atoms with Crippen LogP contribution in [-0.2, 0) is 5.41 Å². The van der Waals surface area contributed by atoms with E-state index in [0.29, 0.717) is 11.1 Å². The van der Waals surface area contributed by atoms with Crippen molar-refractivity contribution in [2.45, 2.75) is 25.2 Å². The van der Waals surface area contributed by atoms with E-state index in [1.54, 1.807) is 19.1 Å². The van der Waals surface area contributed by atoms with Crippen LogP contribution in [0.25, 0.3) is 0 Å². The molecule has 15 heavy (non-hydrogen) atoms. The summed E-state index contributed by atoms with van der Waals surface area (Å²) in [5.41, 5.74) is 1.19. The summed E-state index contributed by atoms with van der Waals surface area (Å²) in [6, 6.07) is 5.30. The molecular weight excluding hydrogens is 194 g/mol. The van der Waals surface area contributed by atoms with Gasteiger partial charge in [0, 0.05) is 16.5 Å². The SMILES string of the molecule is Cc1cccc(C2(CO)CC2)c1[N+](=O)[O-]. The van der Waals surface area contributed by atoms with Gasteiger partial charge in [-0.25, -0.2) is 0 Å².